The highest BCUT2D eigenvalue weighted by atomic mass is 19.1. The quantitative estimate of drug-likeness (QED) is 0.293. The fraction of sp³-hybridized carbons (Fsp3) is 0.269. The molecule has 0 radical (unpaired) electrons. The van der Waals surface area contributed by atoms with Gasteiger partial charge in [-0.05, 0) is 43.7 Å². The lowest BCUT2D eigenvalue weighted by molar-refractivity contribution is -0.897. The predicted molar refractivity (Wildman–Crippen MR) is 134 cm³/mol. The Kier molecular flexibility index (Phi) is 5.97. The summed E-state index contributed by atoms with van der Waals surface area (Å²) in [4.78, 5) is 20.3. The van der Waals surface area contributed by atoms with Gasteiger partial charge in [-0.3, -0.25) is 10.0 Å². The number of imidazole rings is 1. The highest BCUT2D eigenvalue weighted by molar-refractivity contribution is 6.07. The maximum atomic E-state index is 14.7. The van der Waals surface area contributed by atoms with Crippen molar-refractivity contribution in [1.29, 1.82) is 0 Å². The third-order valence-corrected chi connectivity index (χ3v) is 6.69. The molecule has 0 unspecified atom stereocenters. The lowest BCUT2D eigenvalue weighted by Gasteiger charge is -2.22. The molecule has 1 aliphatic rings. The molecule has 186 valence electrons. The zero-order chi connectivity index (χ0) is 25.6. The summed E-state index contributed by atoms with van der Waals surface area (Å²) in [6, 6.07) is 12.7. The Morgan fingerprint density at radius 3 is 2.75 bits per heavy atom. The van der Waals surface area contributed by atoms with Gasteiger partial charge in [0.05, 0.1) is 24.0 Å². The van der Waals surface area contributed by atoms with Gasteiger partial charge in [-0.15, -0.1) is 0 Å². The zero-order valence-electron chi connectivity index (χ0n) is 20.3. The molecule has 1 amide bonds. The van der Waals surface area contributed by atoms with Crippen molar-refractivity contribution < 1.29 is 23.9 Å². The van der Waals surface area contributed by atoms with Crippen molar-refractivity contribution in [2.75, 3.05) is 30.4 Å². The van der Waals surface area contributed by atoms with Gasteiger partial charge in [-0.2, -0.15) is 0 Å². The van der Waals surface area contributed by atoms with Gasteiger partial charge in [0.15, 0.2) is 0 Å². The average molecular weight is 492 g/mol. The van der Waals surface area contributed by atoms with E-state index < -0.39 is 11.7 Å². The number of nitrogens with zero attached hydrogens (tertiary/aromatic N) is 4. The lowest BCUT2D eigenvalue weighted by atomic mass is 10.1. The number of carbonyl (C=O) groups is 1. The minimum absolute atomic E-state index is 0.0284. The molecular formula is C26H28FN6O3+. The molecule has 2 aromatic carbocycles. The molecule has 2 aromatic heterocycles. The number of nitrogens with two attached hydrogens (primary N) is 1. The molecule has 10 heteroatoms. The molecule has 3 heterocycles. The summed E-state index contributed by atoms with van der Waals surface area (Å²) in [6.07, 6.45) is 0.832. The van der Waals surface area contributed by atoms with Crippen LogP contribution in [0.25, 0.3) is 22.3 Å². The Bertz CT molecular complexity index is 1480. The van der Waals surface area contributed by atoms with Crippen molar-refractivity contribution in [1.82, 2.24) is 9.55 Å². The number of methoxy groups -OCH3 is 1. The second kappa shape index (κ2) is 9.12. The number of rotatable bonds is 5. The Labute approximate surface area is 207 Å². The van der Waals surface area contributed by atoms with E-state index in [4.69, 9.17) is 15.5 Å². The van der Waals surface area contributed by atoms with Crippen molar-refractivity contribution in [2.45, 2.75) is 19.4 Å². The summed E-state index contributed by atoms with van der Waals surface area (Å²) >= 11 is 0. The topological polar surface area (TPSA) is 110 Å². The smallest absolute Gasteiger partial charge is 0.325 e. The molecule has 1 atom stereocenters. The van der Waals surface area contributed by atoms with E-state index >= 15 is 0 Å². The van der Waals surface area contributed by atoms with E-state index in [1.165, 1.54) is 31.4 Å². The summed E-state index contributed by atoms with van der Waals surface area (Å²) in [5.74, 6) is -0.0679. The minimum atomic E-state index is -0.585. The zero-order valence-corrected chi connectivity index (χ0v) is 20.3. The number of aromatic nitrogens is 3. The van der Waals surface area contributed by atoms with Gasteiger partial charge in [0, 0.05) is 43.0 Å². The van der Waals surface area contributed by atoms with Gasteiger partial charge in [-0.1, -0.05) is 6.07 Å². The summed E-state index contributed by atoms with van der Waals surface area (Å²) < 4.78 is 22.6. The summed E-state index contributed by atoms with van der Waals surface area (Å²) in [5, 5.41) is 13.9. The van der Waals surface area contributed by atoms with Crippen molar-refractivity contribution in [3.63, 3.8) is 0 Å². The molecule has 0 bridgehead atoms. The van der Waals surface area contributed by atoms with Crippen molar-refractivity contribution >= 4 is 28.3 Å². The number of benzene rings is 2. The Balaban J connectivity index is 1.57. The first-order valence-electron chi connectivity index (χ1n) is 11.6. The Hall–Kier alpha value is -4.18. The Morgan fingerprint density at radius 1 is 1.25 bits per heavy atom. The van der Waals surface area contributed by atoms with Gasteiger partial charge < -0.3 is 25.3 Å². The van der Waals surface area contributed by atoms with Gasteiger partial charge in [-0.25, -0.2) is 9.37 Å². The number of ether oxygens (including phenoxy) is 1. The maximum Gasteiger partial charge on any atom is 0.325 e. The van der Waals surface area contributed by atoms with Gasteiger partial charge >= 0.3 is 11.6 Å². The molecule has 1 saturated heterocycles. The van der Waals surface area contributed by atoms with Crippen molar-refractivity contribution in [2.24, 2.45) is 12.8 Å². The highest BCUT2D eigenvalue weighted by Gasteiger charge is 2.31. The number of hydrogen-bond acceptors (Lipinski definition) is 6. The maximum absolute atomic E-state index is 14.7. The molecular weight excluding hydrogens is 463 g/mol. The van der Waals surface area contributed by atoms with Crippen LogP contribution in [0.2, 0.25) is 0 Å². The standard InChI is InChI=1S/C26H27FN6O3/c1-15-29-24-20(31(15)2)11-10-18(25(24)32-13-12-16(28)14-32)30-26(34)21-8-5-7-19(33(21)35)23-17(27)6-4-9-22(23)36-3/h4-11,16H,12-14,28H2,1-3H3,(H-,30,34,35)/p+1/t16-/m0/s1. The molecule has 36 heavy (non-hydrogen) atoms. The molecule has 0 spiro atoms. The number of halogens is 1. The normalized spacial score (nSPS) is 15.5. The van der Waals surface area contributed by atoms with Crippen LogP contribution < -0.4 is 25.4 Å². The molecule has 9 nitrogen and oxygen atoms in total. The highest BCUT2D eigenvalue weighted by Crippen LogP contribution is 2.37. The van der Waals surface area contributed by atoms with E-state index in [1.807, 2.05) is 30.7 Å². The van der Waals surface area contributed by atoms with Crippen LogP contribution in [0.3, 0.4) is 0 Å². The van der Waals surface area contributed by atoms with Crippen LogP contribution in [0, 0.1) is 12.7 Å². The number of carbonyl (C=O) groups excluding carboxylic acids is 1. The van der Waals surface area contributed by atoms with Crippen molar-refractivity contribution in [3.05, 3.63) is 65.9 Å². The first-order chi connectivity index (χ1) is 17.3. The first kappa shape index (κ1) is 23.6. The van der Waals surface area contributed by atoms with E-state index in [0.717, 1.165) is 35.5 Å². The molecule has 0 aliphatic carbocycles. The van der Waals surface area contributed by atoms with Crippen LogP contribution in [0.5, 0.6) is 5.75 Å². The summed E-state index contributed by atoms with van der Waals surface area (Å²) in [7, 11) is 3.36. The fourth-order valence-electron chi connectivity index (χ4n) is 4.74. The number of nitrogens with one attached hydrogen (secondary N) is 1. The van der Waals surface area contributed by atoms with Crippen LogP contribution in [0.4, 0.5) is 15.8 Å². The number of amides is 1. The van der Waals surface area contributed by atoms with Crippen LogP contribution in [-0.4, -0.2) is 46.9 Å². The van der Waals surface area contributed by atoms with Crippen LogP contribution in [-0.2, 0) is 7.05 Å². The fourth-order valence-corrected chi connectivity index (χ4v) is 4.74. The second-order valence-electron chi connectivity index (χ2n) is 8.92. The monoisotopic (exact) mass is 491 g/mol. The van der Waals surface area contributed by atoms with E-state index in [0.29, 0.717) is 17.0 Å². The number of aryl methyl sites for hydroxylation is 2. The average Bonchev–Trinajstić information content (AvgIpc) is 3.41. The number of pyridine rings is 1. The number of anilines is 2. The third-order valence-electron chi connectivity index (χ3n) is 6.69. The molecule has 4 aromatic rings. The predicted octanol–water partition coefficient (Wildman–Crippen LogP) is 3.01. The molecule has 5 rings (SSSR count). The second-order valence-corrected chi connectivity index (χ2v) is 8.92. The molecule has 0 saturated carbocycles. The molecule has 4 N–H and O–H groups in total. The summed E-state index contributed by atoms with van der Waals surface area (Å²) in [6.45, 7) is 3.30. The SMILES string of the molecule is COc1cccc(F)c1-c1cccc(C(=O)Nc2ccc3c(nc(C)n3C)c2N2CC[C@H](N)C2)[n+]1O. The largest absolute Gasteiger partial charge is 0.496 e. The minimum Gasteiger partial charge on any atom is -0.496 e. The number of hydrogen-bond donors (Lipinski definition) is 3. The van der Waals surface area contributed by atoms with Crippen LogP contribution in [0.1, 0.15) is 22.7 Å². The Morgan fingerprint density at radius 2 is 2.03 bits per heavy atom. The van der Waals surface area contributed by atoms with Gasteiger partial charge in [0.2, 0.25) is 0 Å². The van der Waals surface area contributed by atoms with Gasteiger partial charge in [0.1, 0.15) is 28.5 Å². The van der Waals surface area contributed by atoms with E-state index in [9.17, 15) is 14.4 Å². The lowest BCUT2D eigenvalue weighted by Crippen LogP contribution is -2.42. The van der Waals surface area contributed by atoms with Crippen LogP contribution in [0.15, 0.2) is 48.5 Å². The number of fused-ring (bicyclic) bond motifs is 1. The summed E-state index contributed by atoms with van der Waals surface area (Å²) in [5.41, 5.74) is 9.28. The molecule has 1 fully saturated rings. The van der Waals surface area contributed by atoms with E-state index in [1.54, 1.807) is 12.1 Å². The van der Waals surface area contributed by atoms with Crippen LogP contribution >= 0.6 is 0 Å². The van der Waals surface area contributed by atoms with E-state index in [-0.39, 0.29) is 28.7 Å². The first-order valence-corrected chi connectivity index (χ1v) is 11.6. The van der Waals surface area contributed by atoms with E-state index in [2.05, 4.69) is 10.2 Å². The van der Waals surface area contributed by atoms with Gasteiger partial charge in [0.25, 0.3) is 5.69 Å². The third kappa shape index (κ3) is 3.89. The molecule has 1 aliphatic heterocycles. The van der Waals surface area contributed by atoms with Crippen molar-refractivity contribution in [3.8, 4) is 17.0 Å².